The maximum atomic E-state index is 13.3. The van der Waals surface area contributed by atoms with E-state index >= 15 is 0 Å². The van der Waals surface area contributed by atoms with Gasteiger partial charge in [0.05, 0.1) is 17.5 Å². The van der Waals surface area contributed by atoms with Gasteiger partial charge in [-0.05, 0) is 42.3 Å². The summed E-state index contributed by atoms with van der Waals surface area (Å²) >= 11 is 3.32. The Hall–Kier alpha value is -2.48. The molecule has 1 N–H and O–H groups in total. The van der Waals surface area contributed by atoms with Gasteiger partial charge in [0.1, 0.15) is 0 Å². The number of sulfonamides is 1. The van der Waals surface area contributed by atoms with E-state index in [1.54, 1.807) is 12.1 Å². The Labute approximate surface area is 185 Å². The Bertz CT molecular complexity index is 1070. The molecule has 3 aromatic carbocycles. The molecule has 0 bridgehead atoms. The number of halogens is 1. The summed E-state index contributed by atoms with van der Waals surface area (Å²) in [5, 5.41) is 2.89. The molecule has 0 heterocycles. The molecule has 7 heteroatoms. The van der Waals surface area contributed by atoms with Crippen LogP contribution >= 0.6 is 15.9 Å². The zero-order chi connectivity index (χ0) is 21.6. The van der Waals surface area contributed by atoms with Crippen LogP contribution in [0.5, 0.6) is 0 Å². The molecule has 0 aliphatic carbocycles. The predicted molar refractivity (Wildman–Crippen MR) is 121 cm³/mol. The normalized spacial score (nSPS) is 12.5. The van der Waals surface area contributed by atoms with Crippen molar-refractivity contribution in [3.05, 3.63) is 101 Å². The summed E-state index contributed by atoms with van der Waals surface area (Å²) in [6, 6.07) is 25.0. The molecule has 3 rings (SSSR count). The van der Waals surface area contributed by atoms with E-state index in [0.717, 1.165) is 15.6 Å². The predicted octanol–water partition coefficient (Wildman–Crippen LogP) is 4.52. The Morgan fingerprint density at radius 3 is 2.10 bits per heavy atom. The van der Waals surface area contributed by atoms with Gasteiger partial charge >= 0.3 is 0 Å². The highest BCUT2D eigenvalue weighted by Crippen LogP contribution is 2.21. The highest BCUT2D eigenvalue weighted by Gasteiger charge is 2.27. The molecule has 1 atom stereocenters. The first kappa shape index (κ1) is 22.2. The molecule has 0 fully saturated rings. The second-order valence-corrected chi connectivity index (χ2v) is 9.77. The Morgan fingerprint density at radius 2 is 1.50 bits per heavy atom. The van der Waals surface area contributed by atoms with E-state index in [0.29, 0.717) is 0 Å². The van der Waals surface area contributed by atoms with E-state index in [-0.39, 0.29) is 29.9 Å². The number of rotatable bonds is 8. The fourth-order valence-corrected chi connectivity index (χ4v) is 4.69. The van der Waals surface area contributed by atoms with Crippen molar-refractivity contribution in [3.8, 4) is 0 Å². The van der Waals surface area contributed by atoms with Crippen LogP contribution in [-0.4, -0.2) is 25.2 Å². The second-order valence-electron chi connectivity index (χ2n) is 6.91. The second kappa shape index (κ2) is 10.0. The third kappa shape index (κ3) is 5.78. The van der Waals surface area contributed by atoms with Crippen LogP contribution in [0.1, 0.15) is 24.1 Å². The van der Waals surface area contributed by atoms with Crippen molar-refractivity contribution >= 4 is 31.9 Å². The molecule has 1 unspecified atom stereocenters. The Balaban J connectivity index is 1.82. The van der Waals surface area contributed by atoms with Gasteiger partial charge < -0.3 is 5.32 Å². The van der Waals surface area contributed by atoms with E-state index in [2.05, 4.69) is 21.2 Å². The number of hydrogen-bond donors (Lipinski definition) is 1. The minimum atomic E-state index is -3.86. The maximum absolute atomic E-state index is 13.3. The summed E-state index contributed by atoms with van der Waals surface area (Å²) in [4.78, 5) is 12.9. The monoisotopic (exact) mass is 486 g/mol. The van der Waals surface area contributed by atoms with Crippen molar-refractivity contribution in [1.29, 1.82) is 0 Å². The third-order valence-electron chi connectivity index (χ3n) is 4.65. The van der Waals surface area contributed by atoms with Crippen LogP contribution in [0.25, 0.3) is 0 Å². The number of carbonyl (C=O) groups excluding carboxylic acids is 1. The van der Waals surface area contributed by atoms with Crippen molar-refractivity contribution in [1.82, 2.24) is 9.62 Å². The smallest absolute Gasteiger partial charge is 0.243 e. The largest absolute Gasteiger partial charge is 0.348 e. The summed E-state index contributed by atoms with van der Waals surface area (Å²) in [6.45, 7) is 1.70. The molecule has 5 nitrogen and oxygen atoms in total. The lowest BCUT2D eigenvalue weighted by molar-refractivity contribution is -0.122. The molecule has 0 saturated carbocycles. The lowest BCUT2D eigenvalue weighted by Crippen LogP contribution is -2.41. The number of hydrogen-bond acceptors (Lipinski definition) is 3. The van der Waals surface area contributed by atoms with Gasteiger partial charge in [-0.25, -0.2) is 8.42 Å². The molecule has 0 aliphatic rings. The SMILES string of the molecule is CC(NC(=O)CN(Cc1ccccc1)S(=O)(=O)c1ccc(Br)cc1)c1ccccc1. The van der Waals surface area contributed by atoms with Crippen LogP contribution < -0.4 is 5.32 Å². The van der Waals surface area contributed by atoms with Crippen LogP contribution in [0, 0.1) is 0 Å². The zero-order valence-corrected chi connectivity index (χ0v) is 18.9. The Morgan fingerprint density at radius 1 is 0.933 bits per heavy atom. The summed E-state index contributed by atoms with van der Waals surface area (Å²) in [5.74, 6) is -0.358. The van der Waals surface area contributed by atoms with Crippen molar-refractivity contribution in [2.75, 3.05) is 6.54 Å². The molecule has 3 aromatic rings. The molecule has 0 saturated heterocycles. The van der Waals surface area contributed by atoms with Crippen molar-refractivity contribution < 1.29 is 13.2 Å². The number of amides is 1. The van der Waals surface area contributed by atoms with Crippen LogP contribution in [-0.2, 0) is 21.4 Å². The van der Waals surface area contributed by atoms with E-state index in [4.69, 9.17) is 0 Å². The lowest BCUT2D eigenvalue weighted by atomic mass is 10.1. The number of benzene rings is 3. The highest BCUT2D eigenvalue weighted by molar-refractivity contribution is 9.10. The van der Waals surface area contributed by atoms with Crippen LogP contribution in [0.3, 0.4) is 0 Å². The summed E-state index contributed by atoms with van der Waals surface area (Å²) in [7, 11) is -3.86. The standard InChI is InChI=1S/C23H23BrN2O3S/c1-18(20-10-6-3-7-11-20)25-23(27)17-26(16-19-8-4-2-5-9-19)30(28,29)22-14-12-21(24)13-15-22/h2-15,18H,16-17H2,1H3,(H,25,27). The van der Waals surface area contributed by atoms with Gasteiger partial charge in [0.25, 0.3) is 0 Å². The van der Waals surface area contributed by atoms with Crippen LogP contribution in [0.4, 0.5) is 0 Å². The van der Waals surface area contributed by atoms with Gasteiger partial charge in [-0.3, -0.25) is 4.79 Å². The van der Waals surface area contributed by atoms with Gasteiger partial charge in [-0.15, -0.1) is 0 Å². The Kier molecular flexibility index (Phi) is 7.42. The molecule has 0 aliphatic heterocycles. The first-order valence-corrected chi connectivity index (χ1v) is 11.7. The lowest BCUT2D eigenvalue weighted by Gasteiger charge is -2.23. The van der Waals surface area contributed by atoms with Crippen molar-refractivity contribution in [2.45, 2.75) is 24.4 Å². The average Bonchev–Trinajstić information content (AvgIpc) is 2.75. The quantitative estimate of drug-likeness (QED) is 0.508. The van der Waals surface area contributed by atoms with Gasteiger partial charge in [0.2, 0.25) is 15.9 Å². The van der Waals surface area contributed by atoms with E-state index in [9.17, 15) is 13.2 Å². The molecule has 0 spiro atoms. The minimum absolute atomic E-state index is 0.104. The molecule has 0 aromatic heterocycles. The topological polar surface area (TPSA) is 66.5 Å². The average molecular weight is 487 g/mol. The minimum Gasteiger partial charge on any atom is -0.348 e. The molecule has 1 amide bonds. The number of nitrogens with zero attached hydrogens (tertiary/aromatic N) is 1. The van der Waals surface area contributed by atoms with Gasteiger partial charge in [-0.2, -0.15) is 4.31 Å². The van der Waals surface area contributed by atoms with E-state index < -0.39 is 10.0 Å². The summed E-state index contributed by atoms with van der Waals surface area (Å²) < 4.78 is 28.5. The van der Waals surface area contributed by atoms with E-state index in [1.807, 2.05) is 67.6 Å². The van der Waals surface area contributed by atoms with Gasteiger partial charge in [0, 0.05) is 11.0 Å². The fraction of sp³-hybridized carbons (Fsp3) is 0.174. The highest BCUT2D eigenvalue weighted by atomic mass is 79.9. The summed E-state index contributed by atoms with van der Waals surface area (Å²) in [5.41, 5.74) is 1.76. The molecular weight excluding hydrogens is 464 g/mol. The van der Waals surface area contributed by atoms with Gasteiger partial charge in [-0.1, -0.05) is 76.6 Å². The molecule has 156 valence electrons. The van der Waals surface area contributed by atoms with E-state index in [1.165, 1.54) is 16.4 Å². The third-order valence-corrected chi connectivity index (χ3v) is 6.98. The van der Waals surface area contributed by atoms with Crippen molar-refractivity contribution in [2.24, 2.45) is 0 Å². The van der Waals surface area contributed by atoms with Gasteiger partial charge in [0.15, 0.2) is 0 Å². The fourth-order valence-electron chi connectivity index (χ4n) is 3.04. The number of nitrogens with one attached hydrogen (secondary N) is 1. The molecule has 30 heavy (non-hydrogen) atoms. The molecule has 0 radical (unpaired) electrons. The van der Waals surface area contributed by atoms with Crippen LogP contribution in [0.15, 0.2) is 94.3 Å². The molecular formula is C23H23BrN2O3S. The first-order valence-electron chi connectivity index (χ1n) is 9.50. The summed E-state index contributed by atoms with van der Waals surface area (Å²) in [6.07, 6.45) is 0. The first-order chi connectivity index (χ1) is 14.4. The maximum Gasteiger partial charge on any atom is 0.243 e. The van der Waals surface area contributed by atoms with Crippen molar-refractivity contribution in [3.63, 3.8) is 0 Å². The van der Waals surface area contributed by atoms with Crippen LogP contribution in [0.2, 0.25) is 0 Å². The number of carbonyl (C=O) groups is 1. The zero-order valence-electron chi connectivity index (χ0n) is 16.5.